The van der Waals surface area contributed by atoms with Crippen molar-refractivity contribution in [3.05, 3.63) is 0 Å². The van der Waals surface area contributed by atoms with Crippen molar-refractivity contribution in [3.63, 3.8) is 0 Å². The second-order valence-corrected chi connectivity index (χ2v) is 6.14. The Bertz CT molecular complexity index is 210. The average Bonchev–Trinajstić information content (AvgIpc) is 3.04. The second kappa shape index (κ2) is 8.13. The highest BCUT2D eigenvalue weighted by atomic mass is 15.2. The molecule has 0 spiro atoms. The first-order chi connectivity index (χ1) is 8.84. The number of nitrogens with one attached hydrogen (secondary N) is 1. The van der Waals surface area contributed by atoms with Gasteiger partial charge in [-0.05, 0) is 71.8 Å². The van der Waals surface area contributed by atoms with Gasteiger partial charge in [0.25, 0.3) is 0 Å². The molecule has 18 heavy (non-hydrogen) atoms. The summed E-state index contributed by atoms with van der Waals surface area (Å²) < 4.78 is 0. The maximum absolute atomic E-state index is 3.59. The molecule has 0 bridgehead atoms. The Morgan fingerprint density at radius 1 is 1.06 bits per heavy atom. The Morgan fingerprint density at radius 2 is 1.83 bits per heavy atom. The number of hydrogen-bond acceptors (Lipinski definition) is 3. The van der Waals surface area contributed by atoms with Crippen LogP contribution in [0.3, 0.4) is 0 Å². The maximum atomic E-state index is 3.59. The van der Waals surface area contributed by atoms with E-state index >= 15 is 0 Å². The zero-order valence-corrected chi connectivity index (χ0v) is 12.2. The van der Waals surface area contributed by atoms with E-state index in [0.717, 1.165) is 6.04 Å². The van der Waals surface area contributed by atoms with Crippen molar-refractivity contribution in [2.45, 2.75) is 51.0 Å². The number of hydrogen-bond donors (Lipinski definition) is 1. The number of unbranched alkanes of at least 4 members (excludes halogenated alkanes) is 2. The van der Waals surface area contributed by atoms with Crippen LogP contribution in [-0.4, -0.2) is 62.2 Å². The molecule has 0 unspecified atom stereocenters. The molecule has 2 aliphatic rings. The summed E-state index contributed by atoms with van der Waals surface area (Å²) in [6.07, 6.45) is 9.76. The van der Waals surface area contributed by atoms with Crippen LogP contribution in [0.25, 0.3) is 0 Å². The van der Waals surface area contributed by atoms with Crippen molar-refractivity contribution in [3.8, 4) is 0 Å². The van der Waals surface area contributed by atoms with E-state index in [1.807, 2.05) is 0 Å². The van der Waals surface area contributed by atoms with E-state index in [9.17, 15) is 0 Å². The van der Waals surface area contributed by atoms with Crippen LogP contribution in [0.5, 0.6) is 0 Å². The van der Waals surface area contributed by atoms with Crippen molar-refractivity contribution in [2.24, 2.45) is 0 Å². The van der Waals surface area contributed by atoms with E-state index in [1.165, 1.54) is 84.2 Å². The Hall–Kier alpha value is -0.120. The summed E-state index contributed by atoms with van der Waals surface area (Å²) in [6.45, 7) is 7.71. The van der Waals surface area contributed by atoms with E-state index in [-0.39, 0.29) is 0 Å². The van der Waals surface area contributed by atoms with Gasteiger partial charge in [-0.2, -0.15) is 0 Å². The highest BCUT2D eigenvalue weighted by Gasteiger charge is 2.19. The molecule has 1 aliphatic heterocycles. The van der Waals surface area contributed by atoms with E-state index in [4.69, 9.17) is 0 Å². The third-order valence-corrected chi connectivity index (χ3v) is 4.22. The first-order valence-corrected chi connectivity index (χ1v) is 7.99. The van der Waals surface area contributed by atoms with Gasteiger partial charge in [-0.3, -0.25) is 0 Å². The predicted octanol–water partition coefficient (Wildman–Crippen LogP) is 1.94. The topological polar surface area (TPSA) is 18.5 Å². The van der Waals surface area contributed by atoms with Gasteiger partial charge in [-0.15, -0.1) is 0 Å². The second-order valence-electron chi connectivity index (χ2n) is 6.14. The third kappa shape index (κ3) is 6.17. The lowest BCUT2D eigenvalue weighted by molar-refractivity contribution is 0.253. The molecule has 1 aliphatic carbocycles. The van der Waals surface area contributed by atoms with E-state index in [2.05, 4.69) is 22.2 Å². The van der Waals surface area contributed by atoms with Crippen LogP contribution >= 0.6 is 0 Å². The van der Waals surface area contributed by atoms with Gasteiger partial charge in [0.2, 0.25) is 0 Å². The standard InChI is InChI=1S/C15H31N3/c1-17(13-14-18-11-5-6-12-18)10-4-2-3-9-16-15-7-8-15/h15-16H,2-14H2,1H3. The molecule has 0 aromatic rings. The first kappa shape index (κ1) is 14.3. The molecule has 1 saturated heterocycles. The summed E-state index contributed by atoms with van der Waals surface area (Å²) in [5.74, 6) is 0. The normalized spacial score (nSPS) is 21.0. The number of nitrogens with zero attached hydrogens (tertiary/aromatic N) is 2. The van der Waals surface area contributed by atoms with Crippen LogP contribution in [0.1, 0.15) is 44.9 Å². The lowest BCUT2D eigenvalue weighted by Gasteiger charge is -2.21. The average molecular weight is 253 g/mol. The molecular weight excluding hydrogens is 222 g/mol. The monoisotopic (exact) mass is 253 g/mol. The summed E-state index contributed by atoms with van der Waals surface area (Å²) in [7, 11) is 2.28. The van der Waals surface area contributed by atoms with Gasteiger partial charge in [0.05, 0.1) is 0 Å². The Morgan fingerprint density at radius 3 is 2.56 bits per heavy atom. The van der Waals surface area contributed by atoms with Crippen LogP contribution in [0.2, 0.25) is 0 Å². The fraction of sp³-hybridized carbons (Fsp3) is 1.00. The molecule has 2 rings (SSSR count). The summed E-state index contributed by atoms with van der Waals surface area (Å²) in [5, 5.41) is 3.59. The predicted molar refractivity (Wildman–Crippen MR) is 78.0 cm³/mol. The molecule has 3 heteroatoms. The third-order valence-electron chi connectivity index (χ3n) is 4.22. The van der Waals surface area contributed by atoms with Crippen molar-refractivity contribution < 1.29 is 0 Å². The van der Waals surface area contributed by atoms with Gasteiger partial charge < -0.3 is 15.1 Å². The Labute approximate surface area is 113 Å². The largest absolute Gasteiger partial charge is 0.314 e. The van der Waals surface area contributed by atoms with Gasteiger partial charge in [0.15, 0.2) is 0 Å². The lowest BCUT2D eigenvalue weighted by Crippen LogP contribution is -2.32. The summed E-state index contributed by atoms with van der Waals surface area (Å²) in [6, 6.07) is 0.883. The molecule has 106 valence electrons. The van der Waals surface area contributed by atoms with Crippen LogP contribution in [0, 0.1) is 0 Å². The van der Waals surface area contributed by atoms with E-state index in [1.54, 1.807) is 0 Å². The zero-order chi connectivity index (χ0) is 12.6. The Kier molecular flexibility index (Phi) is 6.46. The fourth-order valence-corrected chi connectivity index (χ4v) is 2.71. The number of likely N-dealkylation sites (tertiary alicyclic amines) is 1. The summed E-state index contributed by atoms with van der Waals surface area (Å²) >= 11 is 0. The van der Waals surface area contributed by atoms with Gasteiger partial charge in [-0.1, -0.05) is 6.42 Å². The fourth-order valence-electron chi connectivity index (χ4n) is 2.71. The molecule has 1 saturated carbocycles. The Balaban J connectivity index is 1.35. The molecule has 0 radical (unpaired) electrons. The molecule has 0 atom stereocenters. The molecular formula is C15H31N3. The molecule has 0 amide bonds. The quantitative estimate of drug-likeness (QED) is 0.600. The molecule has 0 aromatic heterocycles. The van der Waals surface area contributed by atoms with E-state index < -0.39 is 0 Å². The van der Waals surface area contributed by atoms with E-state index in [0.29, 0.717) is 0 Å². The lowest BCUT2D eigenvalue weighted by atomic mass is 10.2. The van der Waals surface area contributed by atoms with Gasteiger partial charge in [0, 0.05) is 19.1 Å². The molecule has 2 fully saturated rings. The minimum Gasteiger partial charge on any atom is -0.314 e. The van der Waals surface area contributed by atoms with Crippen molar-refractivity contribution in [1.82, 2.24) is 15.1 Å². The molecule has 1 heterocycles. The summed E-state index contributed by atoms with van der Waals surface area (Å²) in [5.41, 5.74) is 0. The number of rotatable bonds is 10. The minimum absolute atomic E-state index is 0.883. The van der Waals surface area contributed by atoms with Crippen LogP contribution in [0.4, 0.5) is 0 Å². The number of likely N-dealkylation sites (N-methyl/N-ethyl adjacent to an activating group) is 1. The van der Waals surface area contributed by atoms with Gasteiger partial charge >= 0.3 is 0 Å². The molecule has 1 N–H and O–H groups in total. The minimum atomic E-state index is 0.883. The highest BCUT2D eigenvalue weighted by molar-refractivity contribution is 4.80. The van der Waals surface area contributed by atoms with Crippen LogP contribution in [-0.2, 0) is 0 Å². The van der Waals surface area contributed by atoms with Gasteiger partial charge in [0.1, 0.15) is 0 Å². The van der Waals surface area contributed by atoms with Crippen molar-refractivity contribution in [2.75, 3.05) is 46.3 Å². The van der Waals surface area contributed by atoms with Crippen LogP contribution < -0.4 is 5.32 Å². The smallest absolute Gasteiger partial charge is 0.0109 e. The first-order valence-electron chi connectivity index (χ1n) is 7.99. The maximum Gasteiger partial charge on any atom is 0.0109 e. The van der Waals surface area contributed by atoms with Crippen molar-refractivity contribution >= 4 is 0 Å². The molecule has 3 nitrogen and oxygen atoms in total. The van der Waals surface area contributed by atoms with Crippen LogP contribution in [0.15, 0.2) is 0 Å². The summed E-state index contributed by atoms with van der Waals surface area (Å²) in [4.78, 5) is 5.11. The SMILES string of the molecule is CN(CCCCCNC1CC1)CCN1CCCC1. The van der Waals surface area contributed by atoms with Crippen molar-refractivity contribution in [1.29, 1.82) is 0 Å². The van der Waals surface area contributed by atoms with Gasteiger partial charge in [-0.25, -0.2) is 0 Å². The molecule has 0 aromatic carbocycles. The zero-order valence-electron chi connectivity index (χ0n) is 12.2. The highest BCUT2D eigenvalue weighted by Crippen LogP contribution is 2.18.